The molecule has 0 saturated heterocycles. The normalized spacial score (nSPS) is 20.1. The molecule has 2 aliphatic heterocycles. The first-order chi connectivity index (χ1) is 19.5. The second-order valence-corrected chi connectivity index (χ2v) is 11.9. The molecule has 5 rings (SSSR count). The van der Waals surface area contributed by atoms with Gasteiger partial charge in [0, 0.05) is 62.8 Å². The van der Waals surface area contributed by atoms with Gasteiger partial charge in [-0.1, -0.05) is 25.4 Å². The highest BCUT2D eigenvalue weighted by molar-refractivity contribution is 6.30. The van der Waals surface area contributed by atoms with Crippen LogP contribution in [-0.2, 0) is 10.8 Å². The zero-order chi connectivity index (χ0) is 29.9. The van der Waals surface area contributed by atoms with Crippen LogP contribution in [-0.4, -0.2) is 35.6 Å². The summed E-state index contributed by atoms with van der Waals surface area (Å²) in [6, 6.07) is 16.1. The average Bonchev–Trinajstić information content (AvgIpc) is 3.30. The van der Waals surface area contributed by atoms with Gasteiger partial charge < -0.3 is 14.7 Å². The Hall–Kier alpha value is -4.26. The van der Waals surface area contributed by atoms with E-state index in [1.165, 1.54) is 0 Å². The monoisotopic (exact) mass is 565 g/mol. The van der Waals surface area contributed by atoms with Gasteiger partial charge in [-0.25, -0.2) is 0 Å². The number of halogens is 1. The number of nitriles is 2. The minimum Gasteiger partial charge on any atom is -0.507 e. The van der Waals surface area contributed by atoms with Crippen molar-refractivity contribution in [2.75, 3.05) is 25.1 Å². The maximum absolute atomic E-state index is 11.5. The van der Waals surface area contributed by atoms with Crippen LogP contribution in [0.1, 0.15) is 52.7 Å². The Morgan fingerprint density at radius 2 is 1.73 bits per heavy atom. The predicted octanol–water partition coefficient (Wildman–Crippen LogP) is 7.54. The van der Waals surface area contributed by atoms with Crippen molar-refractivity contribution in [2.24, 2.45) is 0 Å². The summed E-state index contributed by atoms with van der Waals surface area (Å²) in [5.74, 6) is 0.852. The summed E-state index contributed by atoms with van der Waals surface area (Å²) in [4.78, 5) is 2.20. The highest BCUT2D eigenvalue weighted by atomic mass is 35.5. The molecule has 3 aliphatic rings. The number of methoxy groups -OCH3 is 1. The van der Waals surface area contributed by atoms with Crippen molar-refractivity contribution in [1.82, 2.24) is 0 Å². The number of aliphatic hydroxyl groups excluding tert-OH is 1. The van der Waals surface area contributed by atoms with Gasteiger partial charge in [-0.3, -0.25) is 0 Å². The van der Waals surface area contributed by atoms with Crippen LogP contribution in [0.15, 0.2) is 82.3 Å². The summed E-state index contributed by atoms with van der Waals surface area (Å²) >= 11 is 6.37. The lowest BCUT2D eigenvalue weighted by Gasteiger charge is -2.31. The maximum atomic E-state index is 11.5. The number of ether oxygens (including phenoxy) is 1. The number of hydrogen-bond donors (Lipinski definition) is 1. The molecule has 0 amide bonds. The van der Waals surface area contributed by atoms with E-state index in [9.17, 15) is 15.6 Å². The van der Waals surface area contributed by atoms with Crippen LogP contribution in [0.4, 0.5) is 11.4 Å². The molecule has 2 aromatic rings. The van der Waals surface area contributed by atoms with Crippen molar-refractivity contribution in [1.29, 1.82) is 10.5 Å². The van der Waals surface area contributed by atoms with E-state index in [1.54, 1.807) is 7.11 Å². The number of nitrogens with zero attached hydrogens (tertiary/aromatic N) is 4. The lowest BCUT2D eigenvalue weighted by Crippen LogP contribution is -2.30. The number of likely N-dealkylation sites (N-methyl/N-ethyl adjacent to an activating group) is 1. The molecular weight excluding hydrogens is 532 g/mol. The molecule has 208 valence electrons. The lowest BCUT2D eigenvalue weighted by molar-refractivity contribution is -0.433. The van der Waals surface area contributed by atoms with Gasteiger partial charge in [0.2, 0.25) is 5.69 Å². The Balaban J connectivity index is 1.70. The highest BCUT2D eigenvalue weighted by Gasteiger charge is 2.47. The molecule has 6 nitrogen and oxygen atoms in total. The molecule has 1 N–H and O–H groups in total. The molecule has 0 bridgehead atoms. The van der Waals surface area contributed by atoms with E-state index in [0.29, 0.717) is 34.8 Å². The number of fused-ring (bicyclic) bond motifs is 2. The van der Waals surface area contributed by atoms with Gasteiger partial charge in [-0.2, -0.15) is 15.1 Å². The first kappa shape index (κ1) is 28.3. The number of benzene rings is 2. The van der Waals surface area contributed by atoms with E-state index in [1.807, 2.05) is 42.5 Å². The van der Waals surface area contributed by atoms with Crippen molar-refractivity contribution in [3.63, 3.8) is 0 Å². The Bertz CT molecular complexity index is 1720. The number of rotatable bonds is 5. The van der Waals surface area contributed by atoms with E-state index in [2.05, 4.69) is 69.2 Å². The van der Waals surface area contributed by atoms with Crippen molar-refractivity contribution < 1.29 is 14.4 Å². The minimum absolute atomic E-state index is 0.0288. The molecule has 0 atom stereocenters. The molecule has 0 aromatic heterocycles. The second kappa shape index (κ2) is 9.98. The Labute approximate surface area is 247 Å². The molecule has 0 fully saturated rings. The SMILES string of the molecule is CCN1/C(=C\C2=C(O)C(=C\C3=[N+](CC)c4ccc(OC)cc4C3(C)C)/C2=C(C#N)C#N)C(C)(C)c2cc(Cl)ccc21. The summed E-state index contributed by atoms with van der Waals surface area (Å²) in [6.07, 6.45) is 3.86. The van der Waals surface area contributed by atoms with Crippen molar-refractivity contribution in [2.45, 2.75) is 52.4 Å². The molecule has 2 aromatic carbocycles. The fourth-order valence-electron chi connectivity index (χ4n) is 6.46. The summed E-state index contributed by atoms with van der Waals surface area (Å²) < 4.78 is 7.71. The fraction of sp³-hybridized carbons (Fsp3) is 0.324. The third kappa shape index (κ3) is 4.09. The zero-order valence-electron chi connectivity index (χ0n) is 24.6. The van der Waals surface area contributed by atoms with Gasteiger partial charge in [0.25, 0.3) is 0 Å². The van der Waals surface area contributed by atoms with Crippen molar-refractivity contribution in [3.8, 4) is 17.9 Å². The van der Waals surface area contributed by atoms with E-state index < -0.39 is 10.8 Å². The minimum atomic E-state index is -0.407. The first-order valence-electron chi connectivity index (χ1n) is 13.8. The summed E-state index contributed by atoms with van der Waals surface area (Å²) in [5, 5.41) is 32.1. The van der Waals surface area contributed by atoms with Gasteiger partial charge in [-0.15, -0.1) is 0 Å². The van der Waals surface area contributed by atoms with E-state index >= 15 is 0 Å². The number of anilines is 1. The van der Waals surface area contributed by atoms with Crippen LogP contribution < -0.4 is 9.64 Å². The standard InChI is InChI=1S/C34H33ClN4O2/c1-8-38-27-12-10-21(35)14-25(27)33(3,4)29(38)16-23-31(20(18-36)19-37)24(32(23)40)17-30-34(5,6)26-15-22(41-7)11-13-28(26)39(30)9-2/h10-17H,8-9H2,1-7H3/p+1. The van der Waals surface area contributed by atoms with Crippen LogP contribution in [0.2, 0.25) is 5.02 Å². The number of hydrogen-bond acceptors (Lipinski definition) is 5. The van der Waals surface area contributed by atoms with Crippen LogP contribution in [0.3, 0.4) is 0 Å². The quantitative estimate of drug-likeness (QED) is 0.299. The fourth-order valence-corrected chi connectivity index (χ4v) is 6.63. The molecule has 0 saturated carbocycles. The highest BCUT2D eigenvalue weighted by Crippen LogP contribution is 2.51. The zero-order valence-corrected chi connectivity index (χ0v) is 25.3. The largest absolute Gasteiger partial charge is 0.507 e. The van der Waals surface area contributed by atoms with E-state index in [4.69, 9.17) is 16.3 Å². The Morgan fingerprint density at radius 1 is 1.02 bits per heavy atom. The molecule has 0 unspecified atom stereocenters. The lowest BCUT2D eigenvalue weighted by atomic mass is 9.74. The summed E-state index contributed by atoms with van der Waals surface area (Å²) in [6.45, 7) is 14.1. The molecule has 0 spiro atoms. The van der Waals surface area contributed by atoms with Crippen molar-refractivity contribution >= 4 is 28.7 Å². The predicted molar refractivity (Wildman–Crippen MR) is 163 cm³/mol. The first-order valence-corrected chi connectivity index (χ1v) is 14.2. The van der Waals surface area contributed by atoms with Gasteiger partial charge >= 0.3 is 0 Å². The Morgan fingerprint density at radius 3 is 2.34 bits per heavy atom. The molecule has 2 heterocycles. The van der Waals surface area contributed by atoms with E-state index in [0.717, 1.165) is 39.7 Å². The number of allylic oxidation sites excluding steroid dienone is 6. The molecule has 1 aliphatic carbocycles. The molecular formula is C34H34ClN4O2+. The third-order valence-electron chi connectivity index (χ3n) is 8.67. The third-order valence-corrected chi connectivity index (χ3v) is 8.91. The number of aliphatic hydroxyl groups is 1. The summed E-state index contributed by atoms with van der Waals surface area (Å²) in [5.41, 5.74) is 6.90. The van der Waals surface area contributed by atoms with Gasteiger partial charge in [0.15, 0.2) is 5.71 Å². The van der Waals surface area contributed by atoms with Gasteiger partial charge in [-0.05, 0) is 69.7 Å². The Kier molecular flexibility index (Phi) is 6.88. The van der Waals surface area contributed by atoms with Crippen LogP contribution >= 0.6 is 11.6 Å². The molecule has 7 heteroatoms. The average molecular weight is 566 g/mol. The van der Waals surface area contributed by atoms with Crippen LogP contribution in [0.25, 0.3) is 0 Å². The van der Waals surface area contributed by atoms with Crippen molar-refractivity contribution in [3.05, 3.63) is 98.4 Å². The molecule has 41 heavy (non-hydrogen) atoms. The smallest absolute Gasteiger partial charge is 0.210 e. The van der Waals surface area contributed by atoms with Gasteiger partial charge in [0.05, 0.1) is 12.5 Å². The van der Waals surface area contributed by atoms with Gasteiger partial charge in [0.1, 0.15) is 35.8 Å². The maximum Gasteiger partial charge on any atom is 0.210 e. The van der Waals surface area contributed by atoms with Crippen LogP contribution in [0, 0.1) is 22.7 Å². The van der Waals surface area contributed by atoms with Crippen LogP contribution in [0.5, 0.6) is 5.75 Å². The molecule has 0 radical (unpaired) electrons. The second-order valence-electron chi connectivity index (χ2n) is 11.5. The summed E-state index contributed by atoms with van der Waals surface area (Å²) in [7, 11) is 1.65. The topological polar surface area (TPSA) is 83.3 Å². The van der Waals surface area contributed by atoms with E-state index in [-0.39, 0.29) is 11.3 Å².